The zero-order valence-corrected chi connectivity index (χ0v) is 18.7. The highest BCUT2D eigenvalue weighted by Crippen LogP contribution is 2.28. The summed E-state index contributed by atoms with van der Waals surface area (Å²) in [7, 11) is -3.24. The number of allylic oxidation sites excluding steroid dienone is 1. The monoisotopic (exact) mass is 445 g/mol. The lowest BCUT2D eigenvalue weighted by molar-refractivity contribution is -0.142. The van der Waals surface area contributed by atoms with Gasteiger partial charge in [-0.15, -0.1) is 0 Å². The van der Waals surface area contributed by atoms with Crippen LogP contribution in [-0.4, -0.2) is 45.0 Å². The number of fused-ring (bicyclic) bond motifs is 1. The third kappa shape index (κ3) is 9.46. The molecule has 0 saturated heterocycles. The minimum atomic E-state index is -3.24. The summed E-state index contributed by atoms with van der Waals surface area (Å²) in [6.45, 7) is 2.49. The Labute approximate surface area is 185 Å². The molecule has 6 nitrogen and oxygen atoms in total. The van der Waals surface area contributed by atoms with Crippen LogP contribution >= 0.6 is 0 Å². The summed E-state index contributed by atoms with van der Waals surface area (Å²) in [6, 6.07) is 18.1. The van der Waals surface area contributed by atoms with Crippen molar-refractivity contribution in [3.8, 4) is 0 Å². The van der Waals surface area contributed by atoms with Gasteiger partial charge < -0.3 is 9.84 Å². The Bertz CT molecular complexity index is 955. The first-order valence-corrected chi connectivity index (χ1v) is 12.1. The summed E-state index contributed by atoms with van der Waals surface area (Å²) in [6.07, 6.45) is 5.62. The lowest BCUT2D eigenvalue weighted by Gasteiger charge is -2.18. The minimum Gasteiger partial charge on any atom is -0.480 e. The zero-order chi connectivity index (χ0) is 22.5. The van der Waals surface area contributed by atoms with Gasteiger partial charge in [-0.25, -0.2) is 17.9 Å². The van der Waals surface area contributed by atoms with Crippen LogP contribution < -0.4 is 4.72 Å². The van der Waals surface area contributed by atoms with Crippen LogP contribution in [0.5, 0.6) is 0 Å². The van der Waals surface area contributed by atoms with Gasteiger partial charge in [-0.2, -0.15) is 0 Å². The highest BCUT2D eigenvalue weighted by molar-refractivity contribution is 7.89. The number of carbonyl (C=O) groups is 1. The lowest BCUT2D eigenvalue weighted by atomic mass is 9.89. The molecule has 2 N–H and O–H groups in total. The molecule has 3 rings (SSSR count). The summed E-state index contributed by atoms with van der Waals surface area (Å²) in [5, 5.41) is 7.92. The number of hydrogen-bond acceptors (Lipinski definition) is 4. The Balaban J connectivity index is 0.000000423. The van der Waals surface area contributed by atoms with Gasteiger partial charge in [0.1, 0.15) is 6.61 Å². The maximum atomic E-state index is 12.2. The minimum absolute atomic E-state index is 0.132. The van der Waals surface area contributed by atoms with Crippen molar-refractivity contribution in [1.82, 2.24) is 4.72 Å². The van der Waals surface area contributed by atoms with Gasteiger partial charge in [0.15, 0.2) is 0 Å². The van der Waals surface area contributed by atoms with Crippen molar-refractivity contribution >= 4 is 21.6 Å². The van der Waals surface area contributed by atoms with E-state index in [4.69, 9.17) is 5.11 Å². The smallest absolute Gasteiger partial charge is 0.329 e. The fourth-order valence-electron chi connectivity index (χ4n) is 3.30. The molecule has 0 saturated carbocycles. The molecule has 0 amide bonds. The molecule has 168 valence electrons. The highest BCUT2D eigenvalue weighted by atomic mass is 32.2. The molecule has 0 fully saturated rings. The van der Waals surface area contributed by atoms with E-state index >= 15 is 0 Å². The van der Waals surface area contributed by atoms with E-state index in [9.17, 15) is 13.2 Å². The van der Waals surface area contributed by atoms with Crippen molar-refractivity contribution in [3.63, 3.8) is 0 Å². The standard InChI is InChI=1S/C20H23NO2S.C4H8O3/c22-24(23,16-14-17-7-2-1-3-8-17)21-15-13-19-11-6-10-18-9-4-5-12-20(18)19;1-2-7-3-4(5)6/h1-5,7-9,11-12,21H,6,10,13-16H2;2-3H2,1H3,(H,5,6). The summed E-state index contributed by atoms with van der Waals surface area (Å²) < 4.78 is 31.6. The molecule has 0 atom stereocenters. The predicted octanol–water partition coefficient (Wildman–Crippen LogP) is 3.68. The first-order valence-electron chi connectivity index (χ1n) is 10.5. The second-order valence-corrected chi connectivity index (χ2v) is 9.08. The number of hydrogen-bond donors (Lipinski definition) is 2. The van der Waals surface area contributed by atoms with Crippen LogP contribution in [-0.2, 0) is 32.4 Å². The quantitative estimate of drug-likeness (QED) is 0.582. The number of carboxylic acids is 1. The van der Waals surface area contributed by atoms with E-state index in [0.717, 1.165) is 24.8 Å². The predicted molar refractivity (Wildman–Crippen MR) is 123 cm³/mol. The van der Waals surface area contributed by atoms with Gasteiger partial charge in [0.05, 0.1) is 5.75 Å². The van der Waals surface area contributed by atoms with Crippen molar-refractivity contribution in [1.29, 1.82) is 0 Å². The normalized spacial score (nSPS) is 12.9. The molecule has 0 aromatic heterocycles. The Hall–Kier alpha value is -2.48. The van der Waals surface area contributed by atoms with Crippen LogP contribution in [0, 0.1) is 0 Å². The summed E-state index contributed by atoms with van der Waals surface area (Å²) in [5.41, 5.74) is 4.93. The third-order valence-electron chi connectivity index (χ3n) is 4.82. The van der Waals surface area contributed by atoms with Gasteiger partial charge in [0, 0.05) is 13.2 Å². The van der Waals surface area contributed by atoms with Crippen LogP contribution in [0.25, 0.3) is 5.57 Å². The fraction of sp³-hybridized carbons (Fsp3) is 0.375. The first-order chi connectivity index (χ1) is 14.9. The molecule has 31 heavy (non-hydrogen) atoms. The second kappa shape index (κ2) is 13.0. The molecule has 0 bridgehead atoms. The molecular formula is C24H31NO5S. The average molecular weight is 446 g/mol. The van der Waals surface area contributed by atoms with E-state index < -0.39 is 16.0 Å². The maximum Gasteiger partial charge on any atom is 0.329 e. The topological polar surface area (TPSA) is 92.7 Å². The molecule has 0 spiro atoms. The van der Waals surface area contributed by atoms with Gasteiger partial charge in [-0.05, 0) is 54.9 Å². The Morgan fingerprint density at radius 3 is 2.45 bits per heavy atom. The van der Waals surface area contributed by atoms with Crippen LogP contribution in [0.2, 0.25) is 0 Å². The van der Waals surface area contributed by atoms with Crippen LogP contribution in [0.3, 0.4) is 0 Å². The number of rotatable bonds is 10. The third-order valence-corrected chi connectivity index (χ3v) is 6.20. The van der Waals surface area contributed by atoms with Crippen molar-refractivity contribution in [2.45, 2.75) is 32.6 Å². The van der Waals surface area contributed by atoms with E-state index in [2.05, 4.69) is 33.7 Å². The zero-order valence-electron chi connectivity index (χ0n) is 17.9. The molecular weight excluding hydrogens is 414 g/mol. The summed E-state index contributed by atoms with van der Waals surface area (Å²) >= 11 is 0. The second-order valence-electron chi connectivity index (χ2n) is 7.15. The van der Waals surface area contributed by atoms with E-state index in [0.29, 0.717) is 19.6 Å². The summed E-state index contributed by atoms with van der Waals surface area (Å²) in [4.78, 5) is 9.63. The maximum absolute atomic E-state index is 12.2. The van der Waals surface area contributed by atoms with Crippen molar-refractivity contribution < 1.29 is 23.1 Å². The molecule has 0 radical (unpaired) electrons. The van der Waals surface area contributed by atoms with Crippen molar-refractivity contribution in [2.24, 2.45) is 0 Å². The van der Waals surface area contributed by atoms with Gasteiger partial charge in [-0.1, -0.05) is 60.7 Å². The van der Waals surface area contributed by atoms with E-state index in [-0.39, 0.29) is 12.4 Å². The van der Waals surface area contributed by atoms with Gasteiger partial charge in [0.2, 0.25) is 10.0 Å². The Morgan fingerprint density at radius 2 is 1.77 bits per heavy atom. The van der Waals surface area contributed by atoms with Crippen molar-refractivity contribution in [2.75, 3.05) is 25.5 Å². The molecule has 7 heteroatoms. The number of benzene rings is 2. The molecule has 0 unspecified atom stereocenters. The van der Waals surface area contributed by atoms with Gasteiger partial charge in [0.25, 0.3) is 0 Å². The molecule has 0 aliphatic heterocycles. The van der Waals surface area contributed by atoms with Crippen LogP contribution in [0.4, 0.5) is 0 Å². The first kappa shape index (κ1) is 24.8. The van der Waals surface area contributed by atoms with E-state index in [1.165, 1.54) is 16.7 Å². The number of aryl methyl sites for hydroxylation is 2. The Morgan fingerprint density at radius 1 is 1.06 bits per heavy atom. The number of sulfonamides is 1. The molecule has 1 aliphatic carbocycles. The van der Waals surface area contributed by atoms with Gasteiger partial charge in [-0.3, -0.25) is 0 Å². The largest absolute Gasteiger partial charge is 0.480 e. The Kier molecular flexibility index (Phi) is 10.4. The molecule has 0 heterocycles. The van der Waals surface area contributed by atoms with Crippen LogP contribution in [0.15, 0.2) is 60.7 Å². The average Bonchev–Trinajstić information content (AvgIpc) is 2.77. The fourth-order valence-corrected chi connectivity index (χ4v) is 4.36. The van der Waals surface area contributed by atoms with Gasteiger partial charge >= 0.3 is 5.97 Å². The van der Waals surface area contributed by atoms with E-state index in [1.54, 1.807) is 6.92 Å². The van der Waals surface area contributed by atoms with Crippen molar-refractivity contribution in [3.05, 3.63) is 77.4 Å². The number of aliphatic carboxylic acids is 1. The number of carboxylic acid groups (broad SMARTS) is 1. The molecule has 2 aromatic rings. The number of nitrogens with one attached hydrogen (secondary N) is 1. The molecule has 1 aliphatic rings. The SMILES string of the molecule is CCOCC(=O)O.O=S(=O)(CCc1ccccc1)NCCC1=CCCc2ccccc21. The van der Waals surface area contributed by atoms with E-state index in [1.807, 2.05) is 36.4 Å². The number of ether oxygens (including phenoxy) is 1. The lowest BCUT2D eigenvalue weighted by Crippen LogP contribution is -2.28. The molecule has 2 aromatic carbocycles. The highest BCUT2D eigenvalue weighted by Gasteiger charge is 2.14. The summed E-state index contributed by atoms with van der Waals surface area (Å²) in [5.74, 6) is -0.783. The van der Waals surface area contributed by atoms with Crippen LogP contribution in [0.1, 0.15) is 36.5 Å².